The third-order valence-corrected chi connectivity index (χ3v) is 2.69. The van der Waals surface area contributed by atoms with Crippen LogP contribution >= 0.6 is 0 Å². The normalized spacial score (nSPS) is 11.8. The summed E-state index contributed by atoms with van der Waals surface area (Å²) in [6.07, 6.45) is 0. The first-order chi connectivity index (χ1) is 9.49. The first kappa shape index (κ1) is 15.9. The van der Waals surface area contributed by atoms with E-state index in [1.165, 1.54) is 19.2 Å². The van der Waals surface area contributed by atoms with Crippen molar-refractivity contribution in [3.05, 3.63) is 33.9 Å². The second-order valence-corrected chi connectivity index (χ2v) is 4.12. The fraction of sp³-hybridized carbons (Fsp3) is 0.462. The lowest BCUT2D eigenvalue weighted by Crippen LogP contribution is -2.34. The zero-order valence-corrected chi connectivity index (χ0v) is 11.7. The Bertz CT molecular complexity index is 490. The zero-order valence-electron chi connectivity index (χ0n) is 11.7. The molecule has 7 heteroatoms. The van der Waals surface area contributed by atoms with Crippen LogP contribution in [-0.2, 0) is 16.1 Å². The van der Waals surface area contributed by atoms with E-state index in [2.05, 4.69) is 5.32 Å². The first-order valence-corrected chi connectivity index (χ1v) is 6.20. The van der Waals surface area contributed by atoms with Gasteiger partial charge in [-0.05, 0) is 25.5 Å². The van der Waals surface area contributed by atoms with Crippen LogP contribution in [0.2, 0.25) is 0 Å². The van der Waals surface area contributed by atoms with Crippen molar-refractivity contribution in [3.8, 4) is 5.75 Å². The van der Waals surface area contributed by atoms with Gasteiger partial charge in [0.25, 0.3) is 0 Å². The summed E-state index contributed by atoms with van der Waals surface area (Å²) in [7, 11) is 1.38. The van der Waals surface area contributed by atoms with Crippen molar-refractivity contribution >= 4 is 11.7 Å². The Morgan fingerprint density at radius 3 is 2.75 bits per heavy atom. The van der Waals surface area contributed by atoms with Gasteiger partial charge in [0, 0.05) is 12.6 Å². The van der Waals surface area contributed by atoms with Gasteiger partial charge >= 0.3 is 11.7 Å². The molecule has 1 rings (SSSR count). The third kappa shape index (κ3) is 4.20. The summed E-state index contributed by atoms with van der Waals surface area (Å²) in [4.78, 5) is 21.8. The Balaban J connectivity index is 2.71. The van der Waals surface area contributed by atoms with E-state index in [-0.39, 0.29) is 17.4 Å². The van der Waals surface area contributed by atoms with Crippen LogP contribution in [0.15, 0.2) is 18.2 Å². The smallest absolute Gasteiger partial charge is 0.322 e. The molecule has 1 N–H and O–H groups in total. The van der Waals surface area contributed by atoms with Crippen molar-refractivity contribution in [1.29, 1.82) is 0 Å². The molecule has 1 aromatic carbocycles. The van der Waals surface area contributed by atoms with Crippen molar-refractivity contribution in [3.63, 3.8) is 0 Å². The van der Waals surface area contributed by atoms with E-state index in [1.54, 1.807) is 19.9 Å². The van der Waals surface area contributed by atoms with E-state index in [1.807, 2.05) is 0 Å². The van der Waals surface area contributed by atoms with Crippen LogP contribution in [0.25, 0.3) is 0 Å². The van der Waals surface area contributed by atoms with Gasteiger partial charge in [-0.1, -0.05) is 6.07 Å². The maximum Gasteiger partial charge on any atom is 0.322 e. The molecular weight excluding hydrogens is 264 g/mol. The molecule has 0 aliphatic carbocycles. The third-order valence-electron chi connectivity index (χ3n) is 2.69. The van der Waals surface area contributed by atoms with Gasteiger partial charge < -0.3 is 14.8 Å². The van der Waals surface area contributed by atoms with E-state index in [9.17, 15) is 14.9 Å². The Labute approximate surface area is 117 Å². The van der Waals surface area contributed by atoms with E-state index in [4.69, 9.17) is 9.47 Å². The number of methoxy groups -OCH3 is 1. The molecule has 0 aliphatic rings. The van der Waals surface area contributed by atoms with Gasteiger partial charge in [0.2, 0.25) is 0 Å². The number of nitro benzene ring substituents is 1. The highest BCUT2D eigenvalue weighted by molar-refractivity contribution is 5.75. The van der Waals surface area contributed by atoms with Crippen molar-refractivity contribution in [1.82, 2.24) is 5.32 Å². The minimum absolute atomic E-state index is 0.101. The van der Waals surface area contributed by atoms with Crippen molar-refractivity contribution in [2.75, 3.05) is 13.7 Å². The largest absolute Gasteiger partial charge is 0.490 e. The SMILES string of the molecule is CCOC(=O)C(C)NCc1ccc(OC)c([N+](=O)[O-])c1. The van der Waals surface area contributed by atoms with E-state index in [0.29, 0.717) is 18.7 Å². The topological polar surface area (TPSA) is 90.7 Å². The molecule has 20 heavy (non-hydrogen) atoms. The number of rotatable bonds is 7. The summed E-state index contributed by atoms with van der Waals surface area (Å²) in [6.45, 7) is 4.05. The Morgan fingerprint density at radius 2 is 2.20 bits per heavy atom. The molecule has 0 aromatic heterocycles. The van der Waals surface area contributed by atoms with E-state index >= 15 is 0 Å². The number of carbonyl (C=O) groups is 1. The minimum Gasteiger partial charge on any atom is -0.490 e. The minimum atomic E-state index is -0.503. The van der Waals surface area contributed by atoms with Gasteiger partial charge in [0.15, 0.2) is 5.75 Å². The summed E-state index contributed by atoms with van der Waals surface area (Å²) in [5, 5.41) is 13.8. The number of nitrogens with one attached hydrogen (secondary N) is 1. The van der Waals surface area contributed by atoms with E-state index in [0.717, 1.165) is 0 Å². The highest BCUT2D eigenvalue weighted by Gasteiger charge is 2.17. The first-order valence-electron chi connectivity index (χ1n) is 6.20. The van der Waals surface area contributed by atoms with Gasteiger partial charge in [-0.15, -0.1) is 0 Å². The van der Waals surface area contributed by atoms with Crippen molar-refractivity contribution in [2.45, 2.75) is 26.4 Å². The molecule has 0 saturated heterocycles. The monoisotopic (exact) mass is 282 g/mol. The molecular formula is C13H18N2O5. The summed E-state index contributed by atoms with van der Waals surface area (Å²) < 4.78 is 9.78. The average Bonchev–Trinajstić information content (AvgIpc) is 2.44. The average molecular weight is 282 g/mol. The van der Waals surface area contributed by atoms with Gasteiger partial charge in [-0.25, -0.2) is 0 Å². The molecule has 1 atom stereocenters. The lowest BCUT2D eigenvalue weighted by Gasteiger charge is -2.12. The summed E-state index contributed by atoms with van der Waals surface area (Å²) in [6, 6.07) is 4.18. The molecule has 0 saturated carbocycles. The number of hydrogen-bond donors (Lipinski definition) is 1. The van der Waals surface area contributed by atoms with Crippen molar-refractivity contribution < 1.29 is 19.2 Å². The molecule has 7 nitrogen and oxygen atoms in total. The molecule has 0 aliphatic heterocycles. The second-order valence-electron chi connectivity index (χ2n) is 4.12. The molecule has 1 unspecified atom stereocenters. The highest BCUT2D eigenvalue weighted by Crippen LogP contribution is 2.27. The molecule has 1 aromatic rings. The summed E-state index contributed by atoms with van der Waals surface area (Å²) >= 11 is 0. The molecule has 0 spiro atoms. The number of esters is 1. The molecule has 0 amide bonds. The number of ether oxygens (including phenoxy) is 2. The predicted molar refractivity (Wildman–Crippen MR) is 72.6 cm³/mol. The van der Waals surface area contributed by atoms with Crippen LogP contribution in [0.4, 0.5) is 5.69 Å². The van der Waals surface area contributed by atoms with Gasteiger partial charge in [-0.2, -0.15) is 0 Å². The molecule has 0 fully saturated rings. The highest BCUT2D eigenvalue weighted by atomic mass is 16.6. The van der Waals surface area contributed by atoms with Gasteiger partial charge in [0.05, 0.1) is 18.6 Å². The number of carbonyl (C=O) groups excluding carboxylic acids is 1. The molecule has 0 heterocycles. The fourth-order valence-corrected chi connectivity index (χ4v) is 1.61. The lowest BCUT2D eigenvalue weighted by atomic mass is 10.1. The second kappa shape index (κ2) is 7.44. The standard InChI is InChI=1S/C13H18N2O5/c1-4-20-13(16)9(2)14-8-10-5-6-12(19-3)11(7-10)15(17)18/h5-7,9,14H,4,8H2,1-3H3. The number of nitro groups is 1. The van der Waals surface area contributed by atoms with Crippen LogP contribution < -0.4 is 10.1 Å². The molecule has 0 bridgehead atoms. The van der Waals surface area contributed by atoms with Crippen LogP contribution in [0.3, 0.4) is 0 Å². The van der Waals surface area contributed by atoms with Crippen LogP contribution in [0.1, 0.15) is 19.4 Å². The van der Waals surface area contributed by atoms with E-state index < -0.39 is 11.0 Å². The van der Waals surface area contributed by atoms with Crippen molar-refractivity contribution in [2.24, 2.45) is 0 Å². The van der Waals surface area contributed by atoms with Crippen LogP contribution in [0, 0.1) is 10.1 Å². The maximum atomic E-state index is 11.4. The Morgan fingerprint density at radius 1 is 1.50 bits per heavy atom. The Kier molecular flexibility index (Phi) is 5.92. The summed E-state index contributed by atoms with van der Waals surface area (Å²) in [5.41, 5.74) is 0.587. The Hall–Kier alpha value is -2.15. The van der Waals surface area contributed by atoms with Crippen LogP contribution in [0.5, 0.6) is 5.75 Å². The predicted octanol–water partition coefficient (Wildman–Crippen LogP) is 1.64. The fourth-order valence-electron chi connectivity index (χ4n) is 1.61. The van der Waals surface area contributed by atoms with Gasteiger partial charge in [-0.3, -0.25) is 14.9 Å². The number of benzene rings is 1. The zero-order chi connectivity index (χ0) is 15.1. The number of hydrogen-bond acceptors (Lipinski definition) is 6. The molecule has 0 radical (unpaired) electrons. The van der Waals surface area contributed by atoms with Crippen LogP contribution in [-0.4, -0.2) is 30.7 Å². The maximum absolute atomic E-state index is 11.4. The molecule has 110 valence electrons. The lowest BCUT2D eigenvalue weighted by molar-refractivity contribution is -0.385. The number of nitrogens with zero attached hydrogens (tertiary/aromatic N) is 1. The summed E-state index contributed by atoms with van der Waals surface area (Å²) in [5.74, 6) is -0.146. The van der Waals surface area contributed by atoms with Gasteiger partial charge in [0.1, 0.15) is 6.04 Å². The quantitative estimate of drug-likeness (QED) is 0.464.